The molecule has 3 heterocycles. The first-order valence-corrected chi connectivity index (χ1v) is 9.41. The molecule has 1 amide bonds. The van der Waals surface area contributed by atoms with Crippen molar-refractivity contribution < 1.29 is 19.4 Å². The van der Waals surface area contributed by atoms with E-state index in [1.807, 2.05) is 20.8 Å². The lowest BCUT2D eigenvalue weighted by molar-refractivity contribution is -0.0399. The molecule has 0 aliphatic carbocycles. The molecule has 1 N–H and O–H groups in total. The van der Waals surface area contributed by atoms with Crippen molar-refractivity contribution in [1.82, 2.24) is 19.6 Å². The monoisotopic (exact) mass is 366 g/mol. The van der Waals surface area contributed by atoms with E-state index in [-0.39, 0.29) is 18.1 Å². The molecule has 3 rings (SSSR count). The van der Waals surface area contributed by atoms with Crippen LogP contribution in [0.4, 0.5) is 4.79 Å². The third-order valence-corrected chi connectivity index (χ3v) is 4.63. The highest BCUT2D eigenvalue weighted by Gasteiger charge is 2.27. The molecule has 26 heavy (non-hydrogen) atoms. The maximum Gasteiger partial charge on any atom is 0.410 e. The molecular weight excluding hydrogens is 336 g/mol. The summed E-state index contributed by atoms with van der Waals surface area (Å²) in [5, 5.41) is 14.7. The van der Waals surface area contributed by atoms with Gasteiger partial charge in [0.15, 0.2) is 5.75 Å². The number of amides is 1. The molecule has 0 unspecified atom stereocenters. The van der Waals surface area contributed by atoms with Gasteiger partial charge in [0.25, 0.3) is 0 Å². The highest BCUT2D eigenvalue weighted by Crippen LogP contribution is 2.26. The lowest BCUT2D eigenvalue weighted by atomic mass is 10.2. The van der Waals surface area contributed by atoms with Gasteiger partial charge in [-0.05, 0) is 40.0 Å². The minimum Gasteiger partial charge on any atom is -0.504 e. The summed E-state index contributed by atoms with van der Waals surface area (Å²) >= 11 is 0. The molecule has 0 saturated carbocycles. The Balaban J connectivity index is 1.51. The van der Waals surface area contributed by atoms with E-state index in [0.29, 0.717) is 25.3 Å². The van der Waals surface area contributed by atoms with Gasteiger partial charge in [-0.1, -0.05) is 0 Å². The van der Waals surface area contributed by atoms with Gasteiger partial charge in [0, 0.05) is 39.3 Å². The van der Waals surface area contributed by atoms with Crippen LogP contribution in [0.1, 0.15) is 52.0 Å². The SMILES string of the molecule is CC(C)(C)OC(=O)N1CCN(Cc2nn([C@H]3CCCCO3)cc2O)CC1. The topological polar surface area (TPSA) is 80.1 Å². The molecule has 0 bridgehead atoms. The number of aromatic hydroxyl groups is 1. The smallest absolute Gasteiger partial charge is 0.410 e. The first-order chi connectivity index (χ1) is 12.3. The summed E-state index contributed by atoms with van der Waals surface area (Å²) in [6, 6.07) is 0. The third-order valence-electron chi connectivity index (χ3n) is 4.63. The molecule has 1 aromatic rings. The molecule has 1 atom stereocenters. The zero-order valence-electron chi connectivity index (χ0n) is 16.0. The van der Waals surface area contributed by atoms with Crippen LogP contribution < -0.4 is 0 Å². The van der Waals surface area contributed by atoms with E-state index in [1.165, 1.54) is 0 Å². The lowest BCUT2D eigenvalue weighted by Gasteiger charge is -2.35. The highest BCUT2D eigenvalue weighted by molar-refractivity contribution is 5.68. The van der Waals surface area contributed by atoms with Crippen LogP contribution in [0.5, 0.6) is 5.75 Å². The van der Waals surface area contributed by atoms with E-state index < -0.39 is 5.60 Å². The van der Waals surface area contributed by atoms with Crippen LogP contribution in [-0.4, -0.2) is 69.2 Å². The van der Waals surface area contributed by atoms with Crippen LogP contribution in [-0.2, 0) is 16.0 Å². The number of piperazine rings is 1. The lowest BCUT2D eigenvalue weighted by Crippen LogP contribution is -2.49. The minimum absolute atomic E-state index is 0.0765. The second-order valence-corrected chi connectivity index (χ2v) is 8.01. The molecule has 1 aromatic heterocycles. The molecule has 2 aliphatic heterocycles. The Hall–Kier alpha value is -1.80. The average Bonchev–Trinajstić information content (AvgIpc) is 2.95. The second kappa shape index (κ2) is 7.84. The van der Waals surface area contributed by atoms with Gasteiger partial charge < -0.3 is 19.5 Å². The van der Waals surface area contributed by atoms with Crippen LogP contribution in [0.25, 0.3) is 0 Å². The van der Waals surface area contributed by atoms with Gasteiger partial charge in [0.2, 0.25) is 0 Å². The van der Waals surface area contributed by atoms with Crippen molar-refractivity contribution in [3.63, 3.8) is 0 Å². The third kappa shape index (κ3) is 4.88. The van der Waals surface area contributed by atoms with Crippen LogP contribution >= 0.6 is 0 Å². The molecule has 8 nitrogen and oxygen atoms in total. The van der Waals surface area contributed by atoms with Crippen molar-refractivity contribution in [1.29, 1.82) is 0 Å². The Labute approximate surface area is 154 Å². The van der Waals surface area contributed by atoms with Crippen LogP contribution in [0.3, 0.4) is 0 Å². The Kier molecular flexibility index (Phi) is 5.72. The molecule has 2 fully saturated rings. The number of carbonyl (C=O) groups excluding carboxylic acids is 1. The Morgan fingerprint density at radius 1 is 1.31 bits per heavy atom. The maximum atomic E-state index is 12.1. The number of hydrogen-bond acceptors (Lipinski definition) is 6. The molecule has 2 aliphatic rings. The Morgan fingerprint density at radius 3 is 2.65 bits per heavy atom. The Bertz CT molecular complexity index is 611. The fraction of sp³-hybridized carbons (Fsp3) is 0.778. The summed E-state index contributed by atoms with van der Waals surface area (Å²) in [6.45, 7) is 9.60. The van der Waals surface area contributed by atoms with E-state index in [0.717, 1.165) is 39.0 Å². The summed E-state index contributed by atoms with van der Waals surface area (Å²) in [5.74, 6) is 0.203. The average molecular weight is 366 g/mol. The van der Waals surface area contributed by atoms with Crippen molar-refractivity contribution in [3.8, 4) is 5.75 Å². The van der Waals surface area contributed by atoms with Gasteiger partial charge in [-0.3, -0.25) is 4.90 Å². The Morgan fingerprint density at radius 2 is 2.04 bits per heavy atom. The van der Waals surface area contributed by atoms with E-state index in [2.05, 4.69) is 10.00 Å². The van der Waals surface area contributed by atoms with E-state index in [9.17, 15) is 9.90 Å². The van der Waals surface area contributed by atoms with Crippen molar-refractivity contribution in [2.24, 2.45) is 0 Å². The largest absolute Gasteiger partial charge is 0.504 e. The van der Waals surface area contributed by atoms with Gasteiger partial charge in [0.05, 0.1) is 6.20 Å². The van der Waals surface area contributed by atoms with Crippen molar-refractivity contribution in [3.05, 3.63) is 11.9 Å². The molecule has 0 radical (unpaired) electrons. The fourth-order valence-electron chi connectivity index (χ4n) is 3.24. The van der Waals surface area contributed by atoms with Crippen molar-refractivity contribution >= 4 is 6.09 Å². The summed E-state index contributed by atoms with van der Waals surface area (Å²) in [7, 11) is 0. The minimum atomic E-state index is -0.478. The van der Waals surface area contributed by atoms with Crippen LogP contribution in [0.2, 0.25) is 0 Å². The predicted molar refractivity (Wildman–Crippen MR) is 95.8 cm³/mol. The molecule has 8 heteroatoms. The standard InChI is InChI=1S/C18H30N4O4/c1-18(2,3)26-17(24)21-9-7-20(8-10-21)12-14-15(23)13-22(19-14)16-6-4-5-11-25-16/h13,16,23H,4-12H2,1-3H3/t16-/m1/s1. The number of hydrogen-bond donors (Lipinski definition) is 1. The van der Waals surface area contributed by atoms with E-state index in [1.54, 1.807) is 15.8 Å². The maximum absolute atomic E-state index is 12.1. The quantitative estimate of drug-likeness (QED) is 0.884. The number of carbonyl (C=O) groups is 1. The first-order valence-electron chi connectivity index (χ1n) is 9.41. The van der Waals surface area contributed by atoms with Gasteiger partial charge >= 0.3 is 6.09 Å². The summed E-state index contributed by atoms with van der Waals surface area (Å²) in [6.07, 6.45) is 4.44. The molecular formula is C18H30N4O4. The summed E-state index contributed by atoms with van der Waals surface area (Å²) < 4.78 is 12.9. The summed E-state index contributed by atoms with van der Waals surface area (Å²) in [5.41, 5.74) is 0.179. The van der Waals surface area contributed by atoms with Gasteiger partial charge in [0.1, 0.15) is 17.5 Å². The number of nitrogens with zero attached hydrogens (tertiary/aromatic N) is 4. The highest BCUT2D eigenvalue weighted by atomic mass is 16.6. The van der Waals surface area contributed by atoms with Crippen molar-refractivity contribution in [2.45, 2.75) is 58.4 Å². The number of aromatic nitrogens is 2. The molecule has 0 aromatic carbocycles. The first kappa shape index (κ1) is 19.0. The predicted octanol–water partition coefficient (Wildman–Crippen LogP) is 2.34. The molecule has 146 valence electrons. The van der Waals surface area contributed by atoms with Crippen LogP contribution in [0.15, 0.2) is 6.20 Å². The zero-order valence-corrected chi connectivity index (χ0v) is 16.0. The van der Waals surface area contributed by atoms with Gasteiger partial charge in [-0.15, -0.1) is 0 Å². The van der Waals surface area contributed by atoms with Crippen LogP contribution in [0, 0.1) is 0 Å². The van der Waals surface area contributed by atoms with Crippen molar-refractivity contribution in [2.75, 3.05) is 32.8 Å². The normalized spacial score (nSPS) is 22.4. The fourth-order valence-corrected chi connectivity index (χ4v) is 3.24. The van der Waals surface area contributed by atoms with Gasteiger partial charge in [-0.25, -0.2) is 9.48 Å². The number of rotatable bonds is 3. The second-order valence-electron chi connectivity index (χ2n) is 8.01. The molecule has 2 saturated heterocycles. The number of ether oxygens (including phenoxy) is 2. The zero-order chi connectivity index (χ0) is 18.7. The summed E-state index contributed by atoms with van der Waals surface area (Å²) in [4.78, 5) is 16.0. The van der Waals surface area contributed by atoms with E-state index in [4.69, 9.17) is 9.47 Å². The van der Waals surface area contributed by atoms with Gasteiger partial charge in [-0.2, -0.15) is 5.10 Å². The molecule has 0 spiro atoms. The van der Waals surface area contributed by atoms with E-state index >= 15 is 0 Å².